The molecule has 0 saturated carbocycles. The van der Waals surface area contributed by atoms with Crippen molar-refractivity contribution in [3.8, 4) is 6.01 Å². The number of benzene rings is 1. The summed E-state index contributed by atoms with van der Waals surface area (Å²) in [5, 5.41) is 6.73. The Labute approximate surface area is 122 Å². The van der Waals surface area contributed by atoms with Gasteiger partial charge in [-0.3, -0.25) is 0 Å². The monoisotopic (exact) mass is 293 g/mol. The zero-order chi connectivity index (χ0) is 14.5. The van der Waals surface area contributed by atoms with Gasteiger partial charge in [0.25, 0.3) is 0 Å². The third-order valence-electron chi connectivity index (χ3n) is 2.59. The highest BCUT2D eigenvalue weighted by molar-refractivity contribution is 6.33. The molecule has 106 valence electrons. The molecule has 0 unspecified atom stereocenters. The Morgan fingerprint density at radius 2 is 1.95 bits per heavy atom. The molecule has 0 spiro atoms. The molecule has 0 aliphatic rings. The van der Waals surface area contributed by atoms with Crippen molar-refractivity contribution in [2.75, 3.05) is 24.3 Å². The molecule has 2 aromatic rings. The maximum absolute atomic E-state index is 6.17. The van der Waals surface area contributed by atoms with Crippen molar-refractivity contribution < 1.29 is 4.74 Å². The molecule has 2 N–H and O–H groups in total. The van der Waals surface area contributed by atoms with E-state index in [1.807, 2.05) is 26.0 Å². The molecule has 20 heavy (non-hydrogen) atoms. The fourth-order valence-corrected chi connectivity index (χ4v) is 1.91. The maximum Gasteiger partial charge on any atom is 0.322 e. The number of hydrogen-bond acceptors (Lipinski definition) is 6. The Bertz CT molecular complexity index is 585. The summed E-state index contributed by atoms with van der Waals surface area (Å²) in [4.78, 5) is 12.5. The van der Waals surface area contributed by atoms with Crippen LogP contribution in [0.15, 0.2) is 18.2 Å². The van der Waals surface area contributed by atoms with Crippen LogP contribution < -0.4 is 15.4 Å². The fraction of sp³-hybridized carbons (Fsp3) is 0.308. The minimum absolute atomic E-state index is 0.239. The van der Waals surface area contributed by atoms with Crippen molar-refractivity contribution in [3.63, 3.8) is 0 Å². The third-order valence-corrected chi connectivity index (χ3v) is 2.91. The van der Waals surface area contributed by atoms with Crippen LogP contribution in [0.25, 0.3) is 0 Å². The topological polar surface area (TPSA) is 72.0 Å². The second-order valence-electron chi connectivity index (χ2n) is 4.06. The average Bonchev–Trinajstić information content (AvgIpc) is 2.43. The molecular formula is C13H16ClN5O. The smallest absolute Gasteiger partial charge is 0.322 e. The number of nitrogens with zero attached hydrogens (tertiary/aromatic N) is 3. The second kappa shape index (κ2) is 6.38. The van der Waals surface area contributed by atoms with Crippen LogP contribution >= 0.6 is 11.6 Å². The van der Waals surface area contributed by atoms with E-state index in [1.54, 1.807) is 6.07 Å². The van der Waals surface area contributed by atoms with Gasteiger partial charge < -0.3 is 15.4 Å². The van der Waals surface area contributed by atoms with E-state index in [0.717, 1.165) is 11.3 Å². The molecule has 0 aliphatic heterocycles. The van der Waals surface area contributed by atoms with Crippen molar-refractivity contribution in [2.24, 2.45) is 0 Å². The summed E-state index contributed by atoms with van der Waals surface area (Å²) in [5.41, 5.74) is 1.77. The second-order valence-corrected chi connectivity index (χ2v) is 4.46. The van der Waals surface area contributed by atoms with E-state index in [9.17, 15) is 0 Å². The van der Waals surface area contributed by atoms with Crippen LogP contribution in [0.2, 0.25) is 5.02 Å². The van der Waals surface area contributed by atoms with Crippen LogP contribution in [0.3, 0.4) is 0 Å². The first-order chi connectivity index (χ1) is 9.63. The van der Waals surface area contributed by atoms with Crippen LogP contribution in [0.5, 0.6) is 6.01 Å². The number of aromatic nitrogens is 3. The Hall–Kier alpha value is -2.08. The molecule has 6 nitrogen and oxygen atoms in total. The van der Waals surface area contributed by atoms with Crippen molar-refractivity contribution >= 4 is 29.2 Å². The SMILES string of the molecule is CCNc1nc(Nc2c(C)cccc2Cl)nc(OC)n1. The molecule has 0 bridgehead atoms. The van der Waals surface area contributed by atoms with Gasteiger partial charge in [-0.2, -0.15) is 15.0 Å². The molecule has 2 rings (SSSR count). The van der Waals surface area contributed by atoms with Crippen molar-refractivity contribution in [3.05, 3.63) is 28.8 Å². The lowest BCUT2D eigenvalue weighted by Gasteiger charge is -2.11. The van der Waals surface area contributed by atoms with Gasteiger partial charge in [-0.1, -0.05) is 23.7 Å². The molecule has 1 heterocycles. The summed E-state index contributed by atoms with van der Waals surface area (Å²) in [7, 11) is 1.51. The minimum atomic E-state index is 0.239. The molecule has 1 aromatic carbocycles. The van der Waals surface area contributed by atoms with Crippen molar-refractivity contribution in [1.82, 2.24) is 15.0 Å². The number of nitrogens with one attached hydrogen (secondary N) is 2. The average molecular weight is 294 g/mol. The first kappa shape index (κ1) is 14.3. The van der Waals surface area contributed by atoms with E-state index >= 15 is 0 Å². The number of aryl methyl sites for hydroxylation is 1. The highest BCUT2D eigenvalue weighted by Crippen LogP contribution is 2.28. The van der Waals surface area contributed by atoms with Gasteiger partial charge in [0.05, 0.1) is 17.8 Å². The van der Waals surface area contributed by atoms with Crippen LogP contribution in [0, 0.1) is 6.92 Å². The number of halogens is 1. The van der Waals surface area contributed by atoms with Crippen LogP contribution in [-0.4, -0.2) is 28.6 Å². The molecule has 0 amide bonds. The van der Waals surface area contributed by atoms with E-state index in [-0.39, 0.29) is 6.01 Å². The number of para-hydroxylation sites is 1. The predicted octanol–water partition coefficient (Wildman–Crippen LogP) is 3.02. The van der Waals surface area contributed by atoms with Gasteiger partial charge in [0.15, 0.2) is 0 Å². The van der Waals surface area contributed by atoms with Gasteiger partial charge in [0, 0.05) is 6.54 Å². The Morgan fingerprint density at radius 3 is 2.60 bits per heavy atom. The highest BCUT2D eigenvalue weighted by atomic mass is 35.5. The van der Waals surface area contributed by atoms with Gasteiger partial charge in [-0.05, 0) is 25.5 Å². The van der Waals surface area contributed by atoms with Crippen LogP contribution in [-0.2, 0) is 0 Å². The standard InChI is InChI=1S/C13H16ClN5O/c1-4-15-11-17-12(19-13(18-11)20-3)16-10-8(2)6-5-7-9(10)14/h5-7H,4H2,1-3H3,(H2,15,16,17,18,19). The van der Waals surface area contributed by atoms with E-state index in [0.29, 0.717) is 23.5 Å². The van der Waals surface area contributed by atoms with E-state index in [2.05, 4.69) is 25.6 Å². The van der Waals surface area contributed by atoms with Crippen LogP contribution in [0.4, 0.5) is 17.6 Å². The number of methoxy groups -OCH3 is 1. The third kappa shape index (κ3) is 3.27. The van der Waals surface area contributed by atoms with Gasteiger partial charge in [0.1, 0.15) is 0 Å². The summed E-state index contributed by atoms with van der Waals surface area (Å²) >= 11 is 6.17. The predicted molar refractivity (Wildman–Crippen MR) is 80.0 cm³/mol. The van der Waals surface area contributed by atoms with E-state index in [4.69, 9.17) is 16.3 Å². The molecular weight excluding hydrogens is 278 g/mol. The Kier molecular flexibility index (Phi) is 4.57. The molecule has 0 radical (unpaired) electrons. The highest BCUT2D eigenvalue weighted by Gasteiger charge is 2.09. The van der Waals surface area contributed by atoms with E-state index in [1.165, 1.54) is 7.11 Å². The van der Waals surface area contributed by atoms with Gasteiger partial charge in [-0.25, -0.2) is 0 Å². The molecule has 0 fully saturated rings. The summed E-state index contributed by atoms with van der Waals surface area (Å²) in [6.45, 7) is 4.62. The summed E-state index contributed by atoms with van der Waals surface area (Å²) in [6, 6.07) is 5.89. The Morgan fingerprint density at radius 1 is 1.20 bits per heavy atom. The number of rotatable bonds is 5. The van der Waals surface area contributed by atoms with Gasteiger partial charge in [0.2, 0.25) is 11.9 Å². The zero-order valence-electron chi connectivity index (χ0n) is 11.6. The number of anilines is 3. The van der Waals surface area contributed by atoms with Crippen molar-refractivity contribution in [2.45, 2.75) is 13.8 Å². The van der Waals surface area contributed by atoms with Crippen LogP contribution in [0.1, 0.15) is 12.5 Å². The van der Waals surface area contributed by atoms with Crippen molar-refractivity contribution in [1.29, 1.82) is 0 Å². The number of ether oxygens (including phenoxy) is 1. The minimum Gasteiger partial charge on any atom is -0.467 e. The lowest BCUT2D eigenvalue weighted by molar-refractivity contribution is 0.379. The first-order valence-corrected chi connectivity index (χ1v) is 6.58. The normalized spacial score (nSPS) is 10.2. The summed E-state index contributed by atoms with van der Waals surface area (Å²) < 4.78 is 5.06. The summed E-state index contributed by atoms with van der Waals surface area (Å²) in [6.07, 6.45) is 0. The van der Waals surface area contributed by atoms with E-state index < -0.39 is 0 Å². The largest absolute Gasteiger partial charge is 0.467 e. The lowest BCUT2D eigenvalue weighted by atomic mass is 10.2. The first-order valence-electron chi connectivity index (χ1n) is 6.20. The molecule has 1 aromatic heterocycles. The fourth-order valence-electron chi connectivity index (χ4n) is 1.64. The molecule has 0 atom stereocenters. The summed E-state index contributed by atoms with van der Waals surface area (Å²) in [5.74, 6) is 0.829. The Balaban J connectivity index is 2.35. The molecule has 7 heteroatoms. The lowest BCUT2D eigenvalue weighted by Crippen LogP contribution is -2.08. The number of hydrogen-bond donors (Lipinski definition) is 2. The quantitative estimate of drug-likeness (QED) is 0.883. The van der Waals surface area contributed by atoms with Gasteiger partial charge >= 0.3 is 6.01 Å². The maximum atomic E-state index is 6.17. The molecule has 0 saturated heterocycles. The zero-order valence-corrected chi connectivity index (χ0v) is 12.3. The molecule has 0 aliphatic carbocycles. The van der Waals surface area contributed by atoms with Gasteiger partial charge in [-0.15, -0.1) is 0 Å².